The largest absolute Gasteiger partial charge is 0.345 e. The zero-order chi connectivity index (χ0) is 16.4. The molecule has 0 bridgehead atoms. The van der Waals surface area contributed by atoms with Crippen LogP contribution in [0.25, 0.3) is 16.7 Å². The lowest BCUT2D eigenvalue weighted by Gasteiger charge is -2.01. The third-order valence-corrected chi connectivity index (χ3v) is 3.72. The minimum Gasteiger partial charge on any atom is -0.345 e. The van der Waals surface area contributed by atoms with Gasteiger partial charge >= 0.3 is 0 Å². The number of hydrogen-bond acceptors (Lipinski definition) is 3. The maximum Gasteiger partial charge on any atom is 0.254 e. The standard InChI is InChI=1S/C18H15N5O/c24-18(13-10-20-23(12-13)14-6-2-1-3-7-14)19-11-17-21-15-8-4-5-9-16(15)22-17/h1-10,12H,11H2,(H,19,24)(H,21,22). The third kappa shape index (κ3) is 2.77. The van der Waals surface area contributed by atoms with Crippen molar-refractivity contribution in [1.82, 2.24) is 25.1 Å². The molecule has 2 aromatic heterocycles. The van der Waals surface area contributed by atoms with Crippen LogP contribution in [0.2, 0.25) is 0 Å². The number of carbonyl (C=O) groups excluding carboxylic acids is 1. The number of nitrogens with one attached hydrogen (secondary N) is 2. The lowest BCUT2D eigenvalue weighted by Crippen LogP contribution is -2.23. The van der Waals surface area contributed by atoms with Crippen LogP contribution < -0.4 is 5.32 Å². The fourth-order valence-electron chi connectivity index (χ4n) is 2.52. The van der Waals surface area contributed by atoms with Crippen LogP contribution in [0, 0.1) is 0 Å². The minimum absolute atomic E-state index is 0.183. The molecule has 0 unspecified atom stereocenters. The van der Waals surface area contributed by atoms with Crippen molar-refractivity contribution in [1.29, 1.82) is 0 Å². The Kier molecular flexibility index (Phi) is 3.55. The lowest BCUT2D eigenvalue weighted by atomic mass is 10.3. The number of rotatable bonds is 4. The van der Waals surface area contributed by atoms with Gasteiger partial charge in [0.15, 0.2) is 0 Å². The number of amides is 1. The summed E-state index contributed by atoms with van der Waals surface area (Å²) in [5.74, 6) is 0.539. The average Bonchev–Trinajstić information content (AvgIpc) is 3.27. The zero-order valence-electron chi connectivity index (χ0n) is 12.8. The predicted molar refractivity (Wildman–Crippen MR) is 90.8 cm³/mol. The molecule has 2 heterocycles. The summed E-state index contributed by atoms with van der Waals surface area (Å²) in [6, 6.07) is 17.4. The van der Waals surface area contributed by atoms with Crippen LogP contribution in [0.4, 0.5) is 0 Å². The molecule has 0 aliphatic carbocycles. The van der Waals surface area contributed by atoms with Crippen molar-refractivity contribution in [2.45, 2.75) is 6.54 Å². The van der Waals surface area contributed by atoms with Gasteiger partial charge in [0, 0.05) is 6.20 Å². The number of aromatic nitrogens is 4. The fraction of sp³-hybridized carbons (Fsp3) is 0.0556. The molecule has 4 aromatic rings. The van der Waals surface area contributed by atoms with Crippen LogP contribution in [0.15, 0.2) is 67.0 Å². The first-order valence-corrected chi connectivity index (χ1v) is 7.61. The number of imidazole rings is 1. The van der Waals surface area contributed by atoms with E-state index in [1.165, 1.54) is 0 Å². The second-order valence-electron chi connectivity index (χ2n) is 5.39. The predicted octanol–water partition coefficient (Wildman–Crippen LogP) is 2.68. The Morgan fingerprint density at radius 1 is 1.08 bits per heavy atom. The summed E-state index contributed by atoms with van der Waals surface area (Å²) in [4.78, 5) is 19.9. The highest BCUT2D eigenvalue weighted by Gasteiger charge is 2.10. The molecule has 2 N–H and O–H groups in total. The summed E-state index contributed by atoms with van der Waals surface area (Å²) >= 11 is 0. The molecule has 6 heteroatoms. The molecule has 0 saturated carbocycles. The van der Waals surface area contributed by atoms with Gasteiger partial charge in [-0.3, -0.25) is 4.79 Å². The van der Waals surface area contributed by atoms with Crippen molar-refractivity contribution in [2.24, 2.45) is 0 Å². The molecule has 24 heavy (non-hydrogen) atoms. The molecule has 1 amide bonds. The molecule has 0 saturated heterocycles. The second-order valence-corrected chi connectivity index (χ2v) is 5.39. The molecule has 4 rings (SSSR count). The highest BCUT2D eigenvalue weighted by Crippen LogP contribution is 2.11. The van der Waals surface area contributed by atoms with Gasteiger partial charge in [-0.05, 0) is 24.3 Å². The Morgan fingerprint density at radius 3 is 2.71 bits per heavy atom. The van der Waals surface area contributed by atoms with Gasteiger partial charge in [0.25, 0.3) is 5.91 Å². The van der Waals surface area contributed by atoms with Gasteiger partial charge in [0.1, 0.15) is 5.82 Å². The molecular formula is C18H15N5O. The van der Waals surface area contributed by atoms with E-state index in [0.717, 1.165) is 22.5 Å². The van der Waals surface area contributed by atoms with Crippen molar-refractivity contribution in [2.75, 3.05) is 0 Å². The Morgan fingerprint density at radius 2 is 1.88 bits per heavy atom. The number of hydrogen-bond donors (Lipinski definition) is 2. The average molecular weight is 317 g/mol. The Labute approximate surface area is 138 Å². The fourth-order valence-corrected chi connectivity index (χ4v) is 2.52. The summed E-state index contributed by atoms with van der Waals surface area (Å²) < 4.78 is 1.68. The summed E-state index contributed by atoms with van der Waals surface area (Å²) in [7, 11) is 0. The first kappa shape index (κ1) is 14.2. The summed E-state index contributed by atoms with van der Waals surface area (Å²) in [5, 5.41) is 7.08. The monoisotopic (exact) mass is 317 g/mol. The number of aromatic amines is 1. The molecule has 6 nitrogen and oxygen atoms in total. The summed E-state index contributed by atoms with van der Waals surface area (Å²) in [5.41, 5.74) is 3.26. The van der Waals surface area contributed by atoms with Crippen LogP contribution in [-0.2, 0) is 6.54 Å². The molecule has 0 aliphatic rings. The Hall–Kier alpha value is -3.41. The van der Waals surface area contributed by atoms with Crippen LogP contribution >= 0.6 is 0 Å². The van der Waals surface area contributed by atoms with Gasteiger partial charge < -0.3 is 10.3 Å². The van der Waals surface area contributed by atoms with Gasteiger partial charge in [0.2, 0.25) is 0 Å². The SMILES string of the molecule is O=C(NCc1nc2ccccc2[nH]1)c1cnn(-c2ccccc2)c1. The maximum absolute atomic E-state index is 12.3. The third-order valence-electron chi connectivity index (χ3n) is 3.72. The molecule has 0 atom stereocenters. The van der Waals surface area contributed by atoms with Crippen LogP contribution in [0.1, 0.15) is 16.2 Å². The molecule has 0 fully saturated rings. The molecule has 2 aromatic carbocycles. The van der Waals surface area contributed by atoms with Gasteiger partial charge in [-0.1, -0.05) is 30.3 Å². The maximum atomic E-state index is 12.3. The van der Waals surface area contributed by atoms with E-state index in [4.69, 9.17) is 0 Å². The molecule has 118 valence electrons. The number of benzene rings is 2. The smallest absolute Gasteiger partial charge is 0.254 e. The normalized spacial score (nSPS) is 10.8. The van der Waals surface area contributed by atoms with Crippen molar-refractivity contribution in [3.63, 3.8) is 0 Å². The van der Waals surface area contributed by atoms with E-state index < -0.39 is 0 Å². The Bertz CT molecular complexity index is 954. The highest BCUT2D eigenvalue weighted by molar-refractivity contribution is 5.93. The van der Waals surface area contributed by atoms with E-state index in [1.54, 1.807) is 17.1 Å². The van der Waals surface area contributed by atoms with E-state index in [9.17, 15) is 4.79 Å². The first-order chi connectivity index (χ1) is 11.8. The van der Waals surface area contributed by atoms with Crippen molar-refractivity contribution < 1.29 is 4.79 Å². The Balaban J connectivity index is 1.45. The first-order valence-electron chi connectivity index (χ1n) is 7.61. The van der Waals surface area contributed by atoms with Crippen LogP contribution in [0.3, 0.4) is 0 Å². The highest BCUT2D eigenvalue weighted by atomic mass is 16.1. The van der Waals surface area contributed by atoms with E-state index in [-0.39, 0.29) is 5.91 Å². The molecular weight excluding hydrogens is 302 g/mol. The number of nitrogens with zero attached hydrogens (tertiary/aromatic N) is 3. The van der Waals surface area contributed by atoms with Gasteiger partial charge in [-0.15, -0.1) is 0 Å². The van der Waals surface area contributed by atoms with E-state index in [0.29, 0.717) is 12.1 Å². The van der Waals surface area contributed by atoms with Crippen LogP contribution in [0.5, 0.6) is 0 Å². The van der Waals surface area contributed by atoms with E-state index >= 15 is 0 Å². The van der Waals surface area contributed by atoms with Gasteiger partial charge in [0.05, 0.1) is 35.0 Å². The minimum atomic E-state index is -0.183. The van der Waals surface area contributed by atoms with Gasteiger partial charge in [-0.25, -0.2) is 9.67 Å². The number of fused-ring (bicyclic) bond motifs is 1. The van der Waals surface area contributed by atoms with Crippen molar-refractivity contribution in [3.05, 3.63) is 78.4 Å². The lowest BCUT2D eigenvalue weighted by molar-refractivity contribution is 0.0950. The topological polar surface area (TPSA) is 75.6 Å². The summed E-state index contributed by atoms with van der Waals surface area (Å²) in [6.07, 6.45) is 3.27. The molecule has 0 spiro atoms. The van der Waals surface area contributed by atoms with Crippen molar-refractivity contribution >= 4 is 16.9 Å². The number of H-pyrrole nitrogens is 1. The van der Waals surface area contributed by atoms with Crippen LogP contribution in [-0.4, -0.2) is 25.7 Å². The zero-order valence-corrected chi connectivity index (χ0v) is 12.8. The second kappa shape index (κ2) is 6.00. The quantitative estimate of drug-likeness (QED) is 0.607. The number of para-hydroxylation sites is 3. The van der Waals surface area contributed by atoms with E-state index in [1.807, 2.05) is 54.6 Å². The van der Waals surface area contributed by atoms with Crippen molar-refractivity contribution in [3.8, 4) is 5.69 Å². The summed E-state index contributed by atoms with van der Waals surface area (Å²) in [6.45, 7) is 0.337. The molecule has 0 radical (unpaired) electrons. The molecule has 0 aliphatic heterocycles. The van der Waals surface area contributed by atoms with Gasteiger partial charge in [-0.2, -0.15) is 5.10 Å². The van der Waals surface area contributed by atoms with E-state index in [2.05, 4.69) is 20.4 Å². The number of carbonyl (C=O) groups is 1.